The van der Waals surface area contributed by atoms with Gasteiger partial charge in [0.25, 0.3) is 0 Å². The van der Waals surface area contributed by atoms with E-state index in [9.17, 15) is 4.79 Å². The van der Waals surface area contributed by atoms with Gasteiger partial charge >= 0.3 is 0 Å². The first-order valence-corrected chi connectivity index (χ1v) is 6.64. The van der Waals surface area contributed by atoms with Gasteiger partial charge in [-0.25, -0.2) is 0 Å². The number of carbonyl (C=O) groups is 1. The molecular formula is C13H26N2O2. The zero-order valence-corrected chi connectivity index (χ0v) is 11.5. The van der Waals surface area contributed by atoms with Gasteiger partial charge in [-0.15, -0.1) is 0 Å². The van der Waals surface area contributed by atoms with E-state index in [1.54, 1.807) is 12.0 Å². The fourth-order valence-corrected chi connectivity index (χ4v) is 2.45. The standard InChI is InChI=1S/C13H26N2O2/c1-5-15(3)13(16)10(2)14-11-8-6-7-9-12(11)17-4/h10-12,14H,5-9H2,1-4H3. The van der Waals surface area contributed by atoms with Crippen molar-refractivity contribution in [3.63, 3.8) is 0 Å². The van der Waals surface area contributed by atoms with E-state index in [0.717, 1.165) is 19.4 Å². The zero-order valence-electron chi connectivity index (χ0n) is 11.5. The fourth-order valence-electron chi connectivity index (χ4n) is 2.45. The maximum Gasteiger partial charge on any atom is 0.239 e. The number of nitrogens with one attached hydrogen (secondary N) is 1. The highest BCUT2D eigenvalue weighted by Crippen LogP contribution is 2.21. The number of likely N-dealkylation sites (N-methyl/N-ethyl adjacent to an activating group) is 1. The molecule has 0 aliphatic heterocycles. The minimum Gasteiger partial charge on any atom is -0.380 e. The van der Waals surface area contributed by atoms with Crippen molar-refractivity contribution in [1.29, 1.82) is 0 Å². The van der Waals surface area contributed by atoms with Crippen LogP contribution in [0.2, 0.25) is 0 Å². The molecule has 0 saturated heterocycles. The van der Waals surface area contributed by atoms with Gasteiger partial charge in [0.1, 0.15) is 0 Å². The van der Waals surface area contributed by atoms with Crippen LogP contribution in [0.5, 0.6) is 0 Å². The Morgan fingerprint density at radius 1 is 1.47 bits per heavy atom. The van der Waals surface area contributed by atoms with Crippen LogP contribution < -0.4 is 5.32 Å². The Balaban J connectivity index is 2.48. The Hall–Kier alpha value is -0.610. The van der Waals surface area contributed by atoms with Crippen molar-refractivity contribution in [3.05, 3.63) is 0 Å². The van der Waals surface area contributed by atoms with Crippen LogP contribution in [0.3, 0.4) is 0 Å². The van der Waals surface area contributed by atoms with Gasteiger partial charge in [0, 0.05) is 26.7 Å². The van der Waals surface area contributed by atoms with Crippen LogP contribution in [0, 0.1) is 0 Å². The minimum atomic E-state index is -0.124. The largest absolute Gasteiger partial charge is 0.380 e. The molecule has 0 aromatic heterocycles. The van der Waals surface area contributed by atoms with Gasteiger partial charge in [-0.05, 0) is 26.7 Å². The number of hydrogen-bond donors (Lipinski definition) is 1. The molecule has 0 heterocycles. The van der Waals surface area contributed by atoms with Crippen molar-refractivity contribution >= 4 is 5.91 Å². The van der Waals surface area contributed by atoms with Crippen molar-refractivity contribution < 1.29 is 9.53 Å². The van der Waals surface area contributed by atoms with Gasteiger partial charge in [0.05, 0.1) is 12.1 Å². The van der Waals surface area contributed by atoms with Gasteiger partial charge in [-0.1, -0.05) is 12.8 Å². The predicted molar refractivity (Wildman–Crippen MR) is 69.0 cm³/mol. The number of ether oxygens (including phenoxy) is 1. The summed E-state index contributed by atoms with van der Waals surface area (Å²) in [5.41, 5.74) is 0. The summed E-state index contributed by atoms with van der Waals surface area (Å²) in [5.74, 6) is 0.160. The van der Waals surface area contributed by atoms with Crippen molar-refractivity contribution in [1.82, 2.24) is 10.2 Å². The summed E-state index contributed by atoms with van der Waals surface area (Å²) in [4.78, 5) is 13.7. The third-order valence-electron chi connectivity index (χ3n) is 3.69. The lowest BCUT2D eigenvalue weighted by atomic mass is 9.92. The summed E-state index contributed by atoms with van der Waals surface area (Å²) in [7, 11) is 3.60. The number of rotatable bonds is 5. The number of nitrogens with zero attached hydrogens (tertiary/aromatic N) is 1. The van der Waals surface area contributed by atoms with E-state index >= 15 is 0 Å². The molecular weight excluding hydrogens is 216 g/mol. The average molecular weight is 242 g/mol. The van der Waals surface area contributed by atoms with Crippen LogP contribution in [-0.2, 0) is 9.53 Å². The van der Waals surface area contributed by atoms with Crippen molar-refractivity contribution in [3.8, 4) is 0 Å². The zero-order chi connectivity index (χ0) is 12.8. The summed E-state index contributed by atoms with van der Waals surface area (Å²) >= 11 is 0. The summed E-state index contributed by atoms with van der Waals surface area (Å²) in [6.07, 6.45) is 4.91. The molecule has 100 valence electrons. The third-order valence-corrected chi connectivity index (χ3v) is 3.69. The highest BCUT2D eigenvalue weighted by Gasteiger charge is 2.28. The summed E-state index contributed by atoms with van der Waals surface area (Å²) in [5, 5.41) is 3.42. The maximum absolute atomic E-state index is 12.0. The van der Waals surface area contributed by atoms with Gasteiger partial charge in [0.15, 0.2) is 0 Å². The molecule has 0 bridgehead atoms. The molecule has 0 aromatic rings. The number of methoxy groups -OCH3 is 1. The van der Waals surface area contributed by atoms with E-state index in [1.165, 1.54) is 12.8 Å². The lowest BCUT2D eigenvalue weighted by Crippen LogP contribution is -2.52. The molecule has 1 saturated carbocycles. The molecule has 1 aliphatic rings. The van der Waals surface area contributed by atoms with Crippen LogP contribution in [-0.4, -0.2) is 49.7 Å². The quantitative estimate of drug-likeness (QED) is 0.792. The molecule has 17 heavy (non-hydrogen) atoms. The molecule has 1 aliphatic carbocycles. The molecule has 1 rings (SSSR count). The summed E-state index contributed by atoms with van der Waals surface area (Å²) < 4.78 is 5.48. The minimum absolute atomic E-state index is 0.124. The highest BCUT2D eigenvalue weighted by atomic mass is 16.5. The van der Waals surface area contributed by atoms with E-state index in [-0.39, 0.29) is 18.1 Å². The van der Waals surface area contributed by atoms with Crippen LogP contribution in [0.15, 0.2) is 0 Å². The van der Waals surface area contributed by atoms with Gasteiger partial charge in [-0.3, -0.25) is 4.79 Å². The normalized spacial score (nSPS) is 26.6. The van der Waals surface area contributed by atoms with Gasteiger partial charge in [0.2, 0.25) is 5.91 Å². The molecule has 0 spiro atoms. The van der Waals surface area contributed by atoms with Crippen LogP contribution >= 0.6 is 0 Å². The predicted octanol–water partition coefficient (Wildman–Crippen LogP) is 1.40. The van der Waals surface area contributed by atoms with Crippen molar-refractivity contribution in [2.45, 2.75) is 57.7 Å². The smallest absolute Gasteiger partial charge is 0.239 e. The lowest BCUT2D eigenvalue weighted by molar-refractivity contribution is -0.132. The van der Waals surface area contributed by atoms with Crippen LogP contribution in [0.25, 0.3) is 0 Å². The monoisotopic (exact) mass is 242 g/mol. The number of hydrogen-bond acceptors (Lipinski definition) is 3. The molecule has 1 fully saturated rings. The third kappa shape index (κ3) is 3.96. The number of amides is 1. The molecule has 3 atom stereocenters. The van der Waals surface area contributed by atoms with Crippen LogP contribution in [0.1, 0.15) is 39.5 Å². The van der Waals surface area contributed by atoms with E-state index in [0.29, 0.717) is 6.04 Å². The maximum atomic E-state index is 12.0. The SMILES string of the molecule is CCN(C)C(=O)C(C)NC1CCCCC1OC. The molecule has 0 aromatic carbocycles. The second-order valence-corrected chi connectivity index (χ2v) is 4.91. The Kier molecular flexibility index (Phi) is 5.92. The highest BCUT2D eigenvalue weighted by molar-refractivity contribution is 5.81. The van der Waals surface area contributed by atoms with E-state index in [2.05, 4.69) is 5.32 Å². The van der Waals surface area contributed by atoms with Crippen LogP contribution in [0.4, 0.5) is 0 Å². The Morgan fingerprint density at radius 2 is 2.12 bits per heavy atom. The van der Waals surface area contributed by atoms with E-state index in [1.807, 2.05) is 20.9 Å². The van der Waals surface area contributed by atoms with Crippen molar-refractivity contribution in [2.75, 3.05) is 20.7 Å². The second-order valence-electron chi connectivity index (χ2n) is 4.91. The first-order valence-electron chi connectivity index (χ1n) is 6.64. The lowest BCUT2D eigenvalue weighted by Gasteiger charge is -2.33. The Morgan fingerprint density at radius 3 is 2.71 bits per heavy atom. The van der Waals surface area contributed by atoms with Gasteiger partial charge in [-0.2, -0.15) is 0 Å². The summed E-state index contributed by atoms with van der Waals surface area (Å²) in [6, 6.07) is 0.193. The van der Waals surface area contributed by atoms with Crippen molar-refractivity contribution in [2.24, 2.45) is 0 Å². The molecule has 4 heteroatoms. The van der Waals surface area contributed by atoms with Gasteiger partial charge < -0.3 is 15.0 Å². The first-order chi connectivity index (χ1) is 8.10. The molecule has 1 N–H and O–H groups in total. The topological polar surface area (TPSA) is 41.6 Å². The fraction of sp³-hybridized carbons (Fsp3) is 0.923. The Bertz CT molecular complexity index is 246. The molecule has 1 amide bonds. The summed E-state index contributed by atoms with van der Waals surface area (Å²) in [6.45, 7) is 4.68. The molecule has 3 unspecified atom stereocenters. The van der Waals surface area contributed by atoms with E-state index < -0.39 is 0 Å². The molecule has 4 nitrogen and oxygen atoms in total. The average Bonchev–Trinajstić information content (AvgIpc) is 2.37. The second kappa shape index (κ2) is 6.97. The molecule has 0 radical (unpaired) electrons. The first kappa shape index (κ1) is 14.5. The Labute approximate surface area is 105 Å². The van der Waals surface area contributed by atoms with E-state index in [4.69, 9.17) is 4.74 Å². The number of carbonyl (C=O) groups excluding carboxylic acids is 1.